The van der Waals surface area contributed by atoms with Gasteiger partial charge in [-0.05, 0) is 34.1 Å². The minimum absolute atomic E-state index is 0.722. The zero-order valence-electron chi connectivity index (χ0n) is 10.1. The van der Waals surface area contributed by atoms with Crippen LogP contribution in [0.25, 0.3) is 0 Å². The number of benzene rings is 1. The predicted molar refractivity (Wildman–Crippen MR) is 76.4 cm³/mol. The van der Waals surface area contributed by atoms with Crippen LogP contribution in [0, 0.1) is 0 Å². The fourth-order valence-electron chi connectivity index (χ4n) is 1.59. The standard InChI is InChI=1S/C13H14BrN3O/c1-3-7-17-8-6-15-13(17)16-10-4-5-12(18-2)11(14)9-10/h3-6,8-9H,1,7H2,2H3,(H,15,16). The highest BCUT2D eigenvalue weighted by atomic mass is 79.9. The first-order chi connectivity index (χ1) is 8.74. The first kappa shape index (κ1) is 12.7. The number of hydrogen-bond donors (Lipinski definition) is 1. The molecule has 0 aliphatic carbocycles. The van der Waals surface area contributed by atoms with E-state index in [1.807, 2.05) is 35.0 Å². The minimum atomic E-state index is 0.722. The Balaban J connectivity index is 2.20. The number of imidazole rings is 1. The summed E-state index contributed by atoms with van der Waals surface area (Å²) in [6.07, 6.45) is 5.49. The van der Waals surface area contributed by atoms with Gasteiger partial charge in [-0.25, -0.2) is 4.98 Å². The number of anilines is 2. The third kappa shape index (κ3) is 2.73. The third-order valence-corrected chi connectivity index (χ3v) is 3.07. The van der Waals surface area contributed by atoms with Gasteiger partial charge in [0, 0.05) is 24.6 Å². The molecule has 1 aromatic carbocycles. The van der Waals surface area contributed by atoms with Gasteiger partial charge in [0.05, 0.1) is 11.6 Å². The van der Waals surface area contributed by atoms with Crippen molar-refractivity contribution in [3.05, 3.63) is 47.7 Å². The van der Waals surface area contributed by atoms with Crippen molar-refractivity contribution in [2.75, 3.05) is 12.4 Å². The van der Waals surface area contributed by atoms with Crippen LogP contribution in [0.2, 0.25) is 0 Å². The average molecular weight is 308 g/mol. The molecule has 4 nitrogen and oxygen atoms in total. The zero-order valence-corrected chi connectivity index (χ0v) is 11.6. The quantitative estimate of drug-likeness (QED) is 0.858. The molecule has 0 saturated carbocycles. The summed E-state index contributed by atoms with van der Waals surface area (Å²) in [4.78, 5) is 4.26. The number of nitrogens with zero attached hydrogens (tertiary/aromatic N) is 2. The summed E-state index contributed by atoms with van der Waals surface area (Å²) >= 11 is 3.45. The average Bonchev–Trinajstić information content (AvgIpc) is 2.78. The van der Waals surface area contributed by atoms with Gasteiger partial charge in [-0.2, -0.15) is 0 Å². The van der Waals surface area contributed by atoms with Gasteiger partial charge in [0.2, 0.25) is 5.95 Å². The van der Waals surface area contributed by atoms with E-state index < -0.39 is 0 Å². The smallest absolute Gasteiger partial charge is 0.207 e. The van der Waals surface area contributed by atoms with E-state index in [0.29, 0.717) is 0 Å². The van der Waals surface area contributed by atoms with Gasteiger partial charge in [0.15, 0.2) is 0 Å². The van der Waals surface area contributed by atoms with Crippen molar-refractivity contribution in [1.29, 1.82) is 0 Å². The minimum Gasteiger partial charge on any atom is -0.496 e. The summed E-state index contributed by atoms with van der Waals surface area (Å²) in [7, 11) is 1.64. The van der Waals surface area contributed by atoms with Crippen LogP contribution in [0.3, 0.4) is 0 Å². The van der Waals surface area contributed by atoms with Gasteiger partial charge >= 0.3 is 0 Å². The maximum atomic E-state index is 5.19. The van der Waals surface area contributed by atoms with Crippen molar-refractivity contribution < 1.29 is 4.74 Å². The van der Waals surface area contributed by atoms with Crippen LogP contribution in [-0.4, -0.2) is 16.7 Å². The highest BCUT2D eigenvalue weighted by Gasteiger charge is 2.04. The summed E-state index contributed by atoms with van der Waals surface area (Å²) in [5.41, 5.74) is 0.944. The van der Waals surface area contributed by atoms with Crippen LogP contribution >= 0.6 is 15.9 Å². The molecule has 1 N–H and O–H groups in total. The molecule has 0 aliphatic rings. The van der Waals surface area contributed by atoms with E-state index in [1.165, 1.54) is 0 Å². The molecule has 18 heavy (non-hydrogen) atoms. The van der Waals surface area contributed by atoms with Crippen LogP contribution in [0.1, 0.15) is 0 Å². The van der Waals surface area contributed by atoms with Crippen LogP contribution in [-0.2, 0) is 6.54 Å². The fraction of sp³-hybridized carbons (Fsp3) is 0.154. The van der Waals surface area contributed by atoms with Crippen molar-refractivity contribution in [1.82, 2.24) is 9.55 Å². The first-order valence-electron chi connectivity index (χ1n) is 5.47. The van der Waals surface area contributed by atoms with Crippen LogP contribution in [0.5, 0.6) is 5.75 Å². The molecular weight excluding hydrogens is 294 g/mol. The predicted octanol–water partition coefficient (Wildman–Crippen LogP) is 3.58. The maximum absolute atomic E-state index is 5.19. The van der Waals surface area contributed by atoms with Gasteiger partial charge in [-0.3, -0.25) is 0 Å². The molecule has 0 unspecified atom stereocenters. The van der Waals surface area contributed by atoms with Crippen LogP contribution in [0.4, 0.5) is 11.6 Å². The summed E-state index contributed by atoms with van der Waals surface area (Å²) in [5, 5.41) is 3.25. The van der Waals surface area contributed by atoms with Crippen molar-refractivity contribution in [3.8, 4) is 5.75 Å². The Bertz CT molecular complexity index is 551. The lowest BCUT2D eigenvalue weighted by atomic mass is 10.3. The molecule has 2 aromatic rings. The Hall–Kier alpha value is -1.75. The van der Waals surface area contributed by atoms with Crippen molar-refractivity contribution in [3.63, 3.8) is 0 Å². The maximum Gasteiger partial charge on any atom is 0.207 e. The molecule has 2 rings (SSSR count). The molecular formula is C13H14BrN3O. The molecule has 0 amide bonds. The normalized spacial score (nSPS) is 10.1. The van der Waals surface area contributed by atoms with E-state index in [0.717, 1.165) is 28.4 Å². The van der Waals surface area contributed by atoms with E-state index in [9.17, 15) is 0 Å². The Morgan fingerprint density at radius 2 is 2.39 bits per heavy atom. The van der Waals surface area contributed by atoms with Crippen molar-refractivity contribution >= 4 is 27.6 Å². The summed E-state index contributed by atoms with van der Waals surface area (Å²) in [6.45, 7) is 4.44. The molecule has 1 heterocycles. The molecule has 0 bridgehead atoms. The Kier molecular flexibility index (Phi) is 4.04. The number of nitrogens with one attached hydrogen (secondary N) is 1. The molecule has 0 radical (unpaired) electrons. The largest absolute Gasteiger partial charge is 0.496 e. The Morgan fingerprint density at radius 1 is 1.56 bits per heavy atom. The lowest BCUT2D eigenvalue weighted by Crippen LogP contribution is -2.01. The van der Waals surface area contributed by atoms with Crippen molar-refractivity contribution in [2.45, 2.75) is 6.54 Å². The second-order valence-electron chi connectivity index (χ2n) is 3.67. The Morgan fingerprint density at radius 3 is 3.06 bits per heavy atom. The number of allylic oxidation sites excluding steroid dienone is 1. The monoisotopic (exact) mass is 307 g/mol. The van der Waals surface area contributed by atoms with E-state index in [1.54, 1.807) is 13.3 Å². The molecule has 1 aromatic heterocycles. The van der Waals surface area contributed by atoms with E-state index in [-0.39, 0.29) is 0 Å². The number of rotatable bonds is 5. The van der Waals surface area contributed by atoms with Gasteiger partial charge in [-0.15, -0.1) is 6.58 Å². The number of ether oxygens (including phenoxy) is 1. The molecule has 0 aliphatic heterocycles. The number of halogens is 1. The highest BCUT2D eigenvalue weighted by molar-refractivity contribution is 9.10. The van der Waals surface area contributed by atoms with Gasteiger partial charge in [-0.1, -0.05) is 6.08 Å². The van der Waals surface area contributed by atoms with Gasteiger partial charge in [0.25, 0.3) is 0 Å². The topological polar surface area (TPSA) is 39.1 Å². The zero-order chi connectivity index (χ0) is 13.0. The molecule has 5 heteroatoms. The molecule has 0 atom stereocenters. The van der Waals surface area contributed by atoms with Crippen molar-refractivity contribution in [2.24, 2.45) is 0 Å². The van der Waals surface area contributed by atoms with Gasteiger partial charge < -0.3 is 14.6 Å². The second kappa shape index (κ2) is 5.73. The summed E-state index contributed by atoms with van der Waals surface area (Å²) in [6, 6.07) is 5.79. The fourth-order valence-corrected chi connectivity index (χ4v) is 2.13. The second-order valence-corrected chi connectivity index (χ2v) is 4.52. The van der Waals surface area contributed by atoms with E-state index >= 15 is 0 Å². The van der Waals surface area contributed by atoms with Crippen LogP contribution < -0.4 is 10.1 Å². The third-order valence-electron chi connectivity index (χ3n) is 2.45. The number of hydrogen-bond acceptors (Lipinski definition) is 3. The van der Waals surface area contributed by atoms with E-state index in [4.69, 9.17) is 4.74 Å². The van der Waals surface area contributed by atoms with Gasteiger partial charge in [0.1, 0.15) is 5.75 Å². The summed E-state index contributed by atoms with van der Waals surface area (Å²) in [5.74, 6) is 1.59. The highest BCUT2D eigenvalue weighted by Crippen LogP contribution is 2.28. The summed E-state index contributed by atoms with van der Waals surface area (Å²) < 4.78 is 8.07. The molecule has 0 fully saturated rings. The molecule has 0 spiro atoms. The lowest BCUT2D eigenvalue weighted by molar-refractivity contribution is 0.412. The molecule has 94 valence electrons. The number of aromatic nitrogens is 2. The first-order valence-corrected chi connectivity index (χ1v) is 6.26. The Labute approximate surface area is 114 Å². The lowest BCUT2D eigenvalue weighted by Gasteiger charge is -2.10. The SMILES string of the molecule is C=CCn1ccnc1Nc1ccc(OC)c(Br)c1. The van der Waals surface area contributed by atoms with E-state index in [2.05, 4.69) is 32.8 Å². The molecule has 0 saturated heterocycles. The van der Waals surface area contributed by atoms with Crippen LogP contribution in [0.15, 0.2) is 47.7 Å². The number of methoxy groups -OCH3 is 1.